The zero-order valence-electron chi connectivity index (χ0n) is 19.9. The first kappa shape index (κ1) is 25.6. The SMILES string of the molecule is CCN1CCOc2ccccc2C(=O)N[C@H](C(=O)NCCc2cnccn2)CC(=O)N(C)CC1=O. The third-order valence-electron chi connectivity index (χ3n) is 5.58. The van der Waals surface area contributed by atoms with E-state index in [9.17, 15) is 19.2 Å². The maximum absolute atomic E-state index is 13.1. The first-order valence-corrected chi connectivity index (χ1v) is 11.5. The van der Waals surface area contributed by atoms with E-state index in [-0.39, 0.29) is 37.6 Å². The topological polar surface area (TPSA) is 134 Å². The largest absolute Gasteiger partial charge is 0.491 e. The van der Waals surface area contributed by atoms with Gasteiger partial charge in [-0.25, -0.2) is 0 Å². The molecule has 1 aromatic heterocycles. The van der Waals surface area contributed by atoms with Gasteiger partial charge in [0.05, 0.1) is 30.8 Å². The molecular formula is C24H30N6O5. The van der Waals surface area contributed by atoms with E-state index in [0.717, 1.165) is 0 Å². The number of likely N-dealkylation sites (N-methyl/N-ethyl adjacent to an activating group) is 2. The highest BCUT2D eigenvalue weighted by Gasteiger charge is 2.28. The standard InChI is InChI=1S/C24H30N6O5/c1-3-30-12-13-35-20-7-5-4-6-18(20)23(33)28-19(14-21(31)29(2)16-22(30)32)24(34)27-9-8-17-15-25-10-11-26-17/h4-7,10-11,15,19H,3,8-9,12-14,16H2,1-2H3,(H,27,34)(H,28,33)/t19-/m0/s1. The minimum Gasteiger partial charge on any atom is -0.491 e. The summed E-state index contributed by atoms with van der Waals surface area (Å²) in [4.78, 5) is 62.6. The summed E-state index contributed by atoms with van der Waals surface area (Å²) in [5.41, 5.74) is 0.931. The van der Waals surface area contributed by atoms with Crippen LogP contribution in [0.25, 0.3) is 0 Å². The number of fused-ring (bicyclic) bond motifs is 1. The van der Waals surface area contributed by atoms with Crippen LogP contribution in [0, 0.1) is 0 Å². The molecule has 35 heavy (non-hydrogen) atoms. The summed E-state index contributed by atoms with van der Waals surface area (Å²) in [7, 11) is 1.50. The minimum absolute atomic E-state index is 0.141. The van der Waals surface area contributed by atoms with Crippen molar-refractivity contribution in [3.63, 3.8) is 0 Å². The molecule has 0 spiro atoms. The molecule has 1 aliphatic rings. The molecule has 0 aliphatic carbocycles. The van der Waals surface area contributed by atoms with E-state index in [0.29, 0.717) is 31.0 Å². The molecule has 2 heterocycles. The van der Waals surface area contributed by atoms with Gasteiger partial charge in [0.15, 0.2) is 0 Å². The van der Waals surface area contributed by atoms with Gasteiger partial charge in [-0.3, -0.25) is 29.1 Å². The van der Waals surface area contributed by atoms with E-state index in [4.69, 9.17) is 4.74 Å². The van der Waals surface area contributed by atoms with Crippen LogP contribution in [0.15, 0.2) is 42.9 Å². The van der Waals surface area contributed by atoms with Gasteiger partial charge in [-0.15, -0.1) is 0 Å². The van der Waals surface area contributed by atoms with Crippen LogP contribution in [-0.4, -0.2) is 89.3 Å². The van der Waals surface area contributed by atoms with Crippen LogP contribution >= 0.6 is 0 Å². The lowest BCUT2D eigenvalue weighted by atomic mass is 10.1. The number of ether oxygens (including phenoxy) is 1. The molecule has 11 heteroatoms. The maximum Gasteiger partial charge on any atom is 0.255 e. The number of carbonyl (C=O) groups is 4. The van der Waals surface area contributed by atoms with Gasteiger partial charge in [0, 0.05) is 45.1 Å². The summed E-state index contributed by atoms with van der Waals surface area (Å²) in [5.74, 6) is -1.39. The Labute approximate surface area is 203 Å². The first-order chi connectivity index (χ1) is 16.9. The highest BCUT2D eigenvalue weighted by molar-refractivity contribution is 6.00. The molecule has 0 saturated carbocycles. The second-order valence-corrected chi connectivity index (χ2v) is 8.04. The number of carbonyl (C=O) groups excluding carboxylic acids is 4. The van der Waals surface area contributed by atoms with Crippen molar-refractivity contribution in [3.05, 3.63) is 54.1 Å². The molecule has 2 N–H and O–H groups in total. The molecule has 1 aliphatic heterocycles. The van der Waals surface area contributed by atoms with Gasteiger partial charge in [0.25, 0.3) is 5.91 Å². The average Bonchev–Trinajstić information content (AvgIpc) is 2.86. The quantitative estimate of drug-likeness (QED) is 0.614. The van der Waals surface area contributed by atoms with Crippen molar-refractivity contribution in [2.75, 3.05) is 39.8 Å². The number of benzene rings is 1. The molecule has 1 atom stereocenters. The molecule has 11 nitrogen and oxygen atoms in total. The molecule has 186 valence electrons. The zero-order valence-corrected chi connectivity index (χ0v) is 19.9. The normalized spacial score (nSPS) is 17.7. The molecule has 4 amide bonds. The third-order valence-corrected chi connectivity index (χ3v) is 5.58. The number of aromatic nitrogens is 2. The van der Waals surface area contributed by atoms with Crippen LogP contribution in [0.1, 0.15) is 29.4 Å². The predicted octanol–water partition coefficient (Wildman–Crippen LogP) is 0.0233. The third kappa shape index (κ3) is 7.23. The van der Waals surface area contributed by atoms with Gasteiger partial charge in [-0.2, -0.15) is 0 Å². The second-order valence-electron chi connectivity index (χ2n) is 8.04. The fourth-order valence-electron chi connectivity index (χ4n) is 3.57. The number of hydrogen-bond acceptors (Lipinski definition) is 7. The summed E-state index contributed by atoms with van der Waals surface area (Å²) in [6, 6.07) is 5.49. The lowest BCUT2D eigenvalue weighted by molar-refractivity contribution is -0.140. The highest BCUT2D eigenvalue weighted by Crippen LogP contribution is 2.18. The van der Waals surface area contributed by atoms with Crippen molar-refractivity contribution < 1.29 is 23.9 Å². The van der Waals surface area contributed by atoms with Crippen molar-refractivity contribution in [1.29, 1.82) is 0 Å². The van der Waals surface area contributed by atoms with Gasteiger partial charge in [0.2, 0.25) is 17.7 Å². The van der Waals surface area contributed by atoms with E-state index >= 15 is 0 Å². The molecule has 2 aromatic rings. The van der Waals surface area contributed by atoms with Crippen LogP contribution in [-0.2, 0) is 20.8 Å². The summed E-state index contributed by atoms with van der Waals surface area (Å²) in [5, 5.41) is 5.40. The summed E-state index contributed by atoms with van der Waals surface area (Å²) < 4.78 is 5.79. The van der Waals surface area contributed by atoms with Gasteiger partial charge in [-0.05, 0) is 19.1 Å². The van der Waals surface area contributed by atoms with Gasteiger partial charge in [0.1, 0.15) is 18.4 Å². The Bertz CT molecular complexity index is 1050. The highest BCUT2D eigenvalue weighted by atomic mass is 16.5. The Kier molecular flexibility index (Phi) is 9.10. The maximum atomic E-state index is 13.1. The lowest BCUT2D eigenvalue weighted by Crippen LogP contribution is -2.50. The minimum atomic E-state index is -1.15. The molecule has 3 rings (SSSR count). The second kappa shape index (κ2) is 12.4. The average molecular weight is 483 g/mol. The Hall–Kier alpha value is -4.02. The van der Waals surface area contributed by atoms with E-state index < -0.39 is 23.8 Å². The van der Waals surface area contributed by atoms with E-state index in [2.05, 4.69) is 20.6 Å². The van der Waals surface area contributed by atoms with E-state index in [1.54, 1.807) is 47.8 Å². The fourth-order valence-corrected chi connectivity index (χ4v) is 3.57. The van der Waals surface area contributed by atoms with Crippen molar-refractivity contribution in [2.45, 2.75) is 25.8 Å². The smallest absolute Gasteiger partial charge is 0.255 e. The number of hydrogen-bond donors (Lipinski definition) is 2. The Morgan fingerprint density at radius 2 is 2.00 bits per heavy atom. The monoisotopic (exact) mass is 482 g/mol. The molecule has 0 fully saturated rings. The van der Waals surface area contributed by atoms with Crippen molar-refractivity contribution in [1.82, 2.24) is 30.4 Å². The molecule has 0 unspecified atom stereocenters. The Balaban J connectivity index is 1.79. The van der Waals surface area contributed by atoms with Gasteiger partial charge in [-0.1, -0.05) is 12.1 Å². The molecule has 0 saturated heterocycles. The molecule has 1 aromatic carbocycles. The van der Waals surface area contributed by atoms with Crippen LogP contribution < -0.4 is 15.4 Å². The van der Waals surface area contributed by atoms with E-state index in [1.165, 1.54) is 11.9 Å². The van der Waals surface area contributed by atoms with Crippen LogP contribution in [0.4, 0.5) is 0 Å². The fraction of sp³-hybridized carbons (Fsp3) is 0.417. The lowest BCUT2D eigenvalue weighted by Gasteiger charge is -2.27. The number of amides is 4. The van der Waals surface area contributed by atoms with Crippen LogP contribution in [0.3, 0.4) is 0 Å². The van der Waals surface area contributed by atoms with Gasteiger partial charge >= 0.3 is 0 Å². The molecule has 0 radical (unpaired) electrons. The summed E-state index contributed by atoms with van der Waals surface area (Å²) >= 11 is 0. The number of nitrogens with one attached hydrogen (secondary N) is 2. The van der Waals surface area contributed by atoms with Crippen molar-refractivity contribution in [3.8, 4) is 5.75 Å². The summed E-state index contributed by atoms with van der Waals surface area (Å²) in [6.45, 7) is 2.88. The molecule has 0 bridgehead atoms. The van der Waals surface area contributed by atoms with Crippen molar-refractivity contribution >= 4 is 23.6 Å². The number of para-hydroxylation sites is 1. The van der Waals surface area contributed by atoms with E-state index in [1.807, 2.05) is 6.92 Å². The number of nitrogens with zero attached hydrogens (tertiary/aromatic N) is 4. The zero-order chi connectivity index (χ0) is 25.2. The Morgan fingerprint density at radius 1 is 1.20 bits per heavy atom. The van der Waals surface area contributed by atoms with Gasteiger partial charge < -0.3 is 25.2 Å². The van der Waals surface area contributed by atoms with Crippen LogP contribution in [0.5, 0.6) is 5.75 Å². The summed E-state index contributed by atoms with van der Waals surface area (Å²) in [6.07, 6.45) is 4.85. The molecular weight excluding hydrogens is 452 g/mol. The predicted molar refractivity (Wildman–Crippen MR) is 126 cm³/mol. The Morgan fingerprint density at radius 3 is 2.74 bits per heavy atom. The van der Waals surface area contributed by atoms with Crippen LogP contribution in [0.2, 0.25) is 0 Å². The first-order valence-electron chi connectivity index (χ1n) is 11.5. The van der Waals surface area contributed by atoms with Crippen molar-refractivity contribution in [2.24, 2.45) is 0 Å². The number of rotatable bonds is 5.